The number of hydrogen-bond donors (Lipinski definition) is 3. The second kappa shape index (κ2) is 8.01. The van der Waals surface area contributed by atoms with E-state index in [1.807, 2.05) is 0 Å². The lowest BCUT2D eigenvalue weighted by atomic mass is 10.2. The predicted octanol–water partition coefficient (Wildman–Crippen LogP) is 4.53. The summed E-state index contributed by atoms with van der Waals surface area (Å²) in [6.45, 7) is 0. The number of benzene rings is 3. The highest BCUT2D eigenvalue weighted by Gasteiger charge is 2.11. The van der Waals surface area contributed by atoms with Crippen LogP contribution in [-0.4, -0.2) is 18.1 Å². The molecule has 1 amide bonds. The number of anilines is 2. The molecule has 0 spiro atoms. The quantitative estimate of drug-likeness (QED) is 0.563. The molecule has 0 aliphatic rings. The van der Waals surface area contributed by atoms with Crippen LogP contribution in [0.3, 0.4) is 0 Å². The molecule has 0 aromatic heterocycles. The minimum absolute atomic E-state index is 0.0754. The van der Waals surface area contributed by atoms with E-state index in [0.29, 0.717) is 11.4 Å². The third-order valence-corrected chi connectivity index (χ3v) is 4.85. The molecule has 0 aliphatic heterocycles. The van der Waals surface area contributed by atoms with Crippen molar-refractivity contribution in [3.8, 4) is 11.5 Å². The molecule has 3 aromatic carbocycles. The molecule has 7 heteroatoms. The first kappa shape index (κ1) is 18.6. The van der Waals surface area contributed by atoms with Gasteiger partial charge in [-0.15, -0.1) is 0 Å². The number of rotatable bonds is 5. The van der Waals surface area contributed by atoms with Gasteiger partial charge in [0.1, 0.15) is 5.75 Å². The monoisotopic (exact) mass is 384 g/mol. The number of carbonyl (C=O) groups is 1. The van der Waals surface area contributed by atoms with E-state index in [9.17, 15) is 14.3 Å². The average Bonchev–Trinajstić information content (AvgIpc) is 2.65. The van der Waals surface area contributed by atoms with Crippen LogP contribution >= 0.6 is 11.8 Å². The van der Waals surface area contributed by atoms with Crippen LogP contribution in [0.2, 0.25) is 0 Å². The third-order valence-electron chi connectivity index (χ3n) is 3.75. The first-order chi connectivity index (χ1) is 13.0. The van der Waals surface area contributed by atoms with Gasteiger partial charge in [0.05, 0.1) is 7.11 Å². The Morgan fingerprint density at radius 3 is 2.48 bits per heavy atom. The lowest BCUT2D eigenvalue weighted by Crippen LogP contribution is -2.12. The first-order valence-electron chi connectivity index (χ1n) is 7.97. The summed E-state index contributed by atoms with van der Waals surface area (Å²) < 4.78 is 18.6. The molecule has 0 heterocycles. The largest absolute Gasteiger partial charge is 0.508 e. The molecule has 0 radical (unpaired) electrons. The summed E-state index contributed by atoms with van der Waals surface area (Å²) in [4.78, 5) is 14.0. The zero-order valence-electron chi connectivity index (χ0n) is 14.4. The Kier molecular flexibility index (Phi) is 5.52. The van der Waals surface area contributed by atoms with E-state index in [2.05, 4.69) is 5.32 Å². The minimum Gasteiger partial charge on any atom is -0.508 e. The number of methoxy groups -OCH3 is 1. The Labute approximate surface area is 160 Å². The SMILES string of the molecule is COc1ccc(C(=O)Nc2ccc(Sc3ccc(O)cc3)c(N)c2)cc1F. The highest BCUT2D eigenvalue weighted by molar-refractivity contribution is 7.99. The van der Waals surface area contributed by atoms with E-state index in [1.165, 1.54) is 31.0 Å². The summed E-state index contributed by atoms with van der Waals surface area (Å²) in [5, 5.41) is 12.0. The number of aromatic hydroxyl groups is 1. The molecule has 0 bridgehead atoms. The summed E-state index contributed by atoms with van der Waals surface area (Å²) in [6.07, 6.45) is 0. The molecule has 0 fully saturated rings. The molecule has 0 saturated carbocycles. The summed E-state index contributed by atoms with van der Waals surface area (Å²) in [7, 11) is 1.36. The van der Waals surface area contributed by atoms with Crippen LogP contribution in [0, 0.1) is 5.82 Å². The van der Waals surface area contributed by atoms with Crippen LogP contribution in [0.4, 0.5) is 15.8 Å². The van der Waals surface area contributed by atoms with E-state index in [0.717, 1.165) is 15.9 Å². The van der Waals surface area contributed by atoms with Gasteiger partial charge in [0, 0.05) is 26.7 Å². The Balaban J connectivity index is 1.72. The highest BCUT2D eigenvalue weighted by Crippen LogP contribution is 2.34. The number of ether oxygens (including phenoxy) is 1. The van der Waals surface area contributed by atoms with Crippen LogP contribution in [0.5, 0.6) is 11.5 Å². The molecule has 0 unspecified atom stereocenters. The number of amides is 1. The smallest absolute Gasteiger partial charge is 0.255 e. The maximum absolute atomic E-state index is 13.8. The number of phenols is 1. The highest BCUT2D eigenvalue weighted by atomic mass is 32.2. The van der Waals surface area contributed by atoms with E-state index in [1.54, 1.807) is 42.5 Å². The van der Waals surface area contributed by atoms with Crippen LogP contribution in [-0.2, 0) is 0 Å². The normalized spacial score (nSPS) is 10.4. The zero-order valence-corrected chi connectivity index (χ0v) is 15.2. The van der Waals surface area contributed by atoms with Gasteiger partial charge in [-0.1, -0.05) is 11.8 Å². The van der Waals surface area contributed by atoms with Gasteiger partial charge < -0.3 is 20.9 Å². The fourth-order valence-corrected chi connectivity index (χ4v) is 3.21. The van der Waals surface area contributed by atoms with Gasteiger partial charge in [0.25, 0.3) is 5.91 Å². The number of phenolic OH excluding ortho intramolecular Hbond substituents is 1. The summed E-state index contributed by atoms with van der Waals surface area (Å²) in [6, 6.07) is 15.9. The van der Waals surface area contributed by atoms with Crippen molar-refractivity contribution in [2.24, 2.45) is 0 Å². The Hall–Kier alpha value is -3.19. The maximum atomic E-state index is 13.8. The van der Waals surface area contributed by atoms with Crippen molar-refractivity contribution in [3.63, 3.8) is 0 Å². The standard InChI is InChI=1S/C20H17FN2O3S/c1-26-18-8-2-12(10-16(18)21)20(25)23-13-3-9-19(17(22)11-13)27-15-6-4-14(24)5-7-15/h2-11,24H,22H2,1H3,(H,23,25). The lowest BCUT2D eigenvalue weighted by molar-refractivity contribution is 0.102. The fourth-order valence-electron chi connectivity index (χ4n) is 2.37. The van der Waals surface area contributed by atoms with E-state index in [4.69, 9.17) is 10.5 Å². The van der Waals surface area contributed by atoms with E-state index < -0.39 is 11.7 Å². The molecule has 138 valence electrons. The molecular formula is C20H17FN2O3S. The number of hydrogen-bond acceptors (Lipinski definition) is 5. The Morgan fingerprint density at radius 1 is 1.11 bits per heavy atom. The number of nitrogens with two attached hydrogens (primary N) is 1. The predicted molar refractivity (Wildman–Crippen MR) is 104 cm³/mol. The van der Waals surface area contributed by atoms with Crippen LogP contribution in [0.15, 0.2) is 70.5 Å². The Bertz CT molecular complexity index is 977. The number of nitrogen functional groups attached to an aromatic ring is 1. The van der Waals surface area contributed by atoms with Crippen molar-refractivity contribution >= 4 is 29.0 Å². The maximum Gasteiger partial charge on any atom is 0.255 e. The van der Waals surface area contributed by atoms with Gasteiger partial charge in [-0.05, 0) is 60.7 Å². The van der Waals surface area contributed by atoms with Crippen molar-refractivity contribution in [2.75, 3.05) is 18.2 Å². The molecular weight excluding hydrogens is 367 g/mol. The van der Waals surface area contributed by atoms with Gasteiger partial charge in [0.15, 0.2) is 11.6 Å². The van der Waals surface area contributed by atoms with E-state index >= 15 is 0 Å². The van der Waals surface area contributed by atoms with Gasteiger partial charge in [-0.25, -0.2) is 4.39 Å². The van der Waals surface area contributed by atoms with Crippen LogP contribution < -0.4 is 15.8 Å². The van der Waals surface area contributed by atoms with Gasteiger partial charge >= 0.3 is 0 Å². The molecule has 0 saturated heterocycles. The fraction of sp³-hybridized carbons (Fsp3) is 0.0500. The lowest BCUT2D eigenvalue weighted by Gasteiger charge is -2.10. The Morgan fingerprint density at radius 2 is 1.85 bits per heavy atom. The van der Waals surface area contributed by atoms with Crippen molar-refractivity contribution in [3.05, 3.63) is 72.0 Å². The molecule has 0 aliphatic carbocycles. The zero-order chi connectivity index (χ0) is 19.4. The first-order valence-corrected chi connectivity index (χ1v) is 8.79. The molecule has 5 nitrogen and oxygen atoms in total. The molecule has 3 rings (SSSR count). The summed E-state index contributed by atoms with van der Waals surface area (Å²) in [5.74, 6) is -0.785. The number of nitrogens with one attached hydrogen (secondary N) is 1. The topological polar surface area (TPSA) is 84.6 Å². The minimum atomic E-state index is -0.606. The van der Waals surface area contributed by atoms with Crippen molar-refractivity contribution in [1.29, 1.82) is 0 Å². The molecule has 27 heavy (non-hydrogen) atoms. The summed E-state index contributed by atoms with van der Waals surface area (Å²) in [5.41, 5.74) is 7.25. The van der Waals surface area contributed by atoms with Gasteiger partial charge in [-0.2, -0.15) is 0 Å². The van der Waals surface area contributed by atoms with E-state index in [-0.39, 0.29) is 17.1 Å². The second-order valence-electron chi connectivity index (χ2n) is 5.65. The van der Waals surface area contributed by atoms with Crippen molar-refractivity contribution in [2.45, 2.75) is 9.79 Å². The van der Waals surface area contributed by atoms with Crippen LogP contribution in [0.25, 0.3) is 0 Å². The average molecular weight is 384 g/mol. The number of halogens is 1. The molecule has 0 atom stereocenters. The second-order valence-corrected chi connectivity index (χ2v) is 6.77. The van der Waals surface area contributed by atoms with Gasteiger partial charge in [0.2, 0.25) is 0 Å². The molecule has 4 N–H and O–H groups in total. The van der Waals surface area contributed by atoms with Crippen molar-refractivity contribution < 1.29 is 19.0 Å². The summed E-state index contributed by atoms with van der Waals surface area (Å²) >= 11 is 1.44. The van der Waals surface area contributed by atoms with Gasteiger partial charge in [-0.3, -0.25) is 4.79 Å². The van der Waals surface area contributed by atoms with Crippen LogP contribution in [0.1, 0.15) is 10.4 Å². The molecule has 3 aromatic rings. The third kappa shape index (κ3) is 4.51. The number of carbonyl (C=O) groups excluding carboxylic acids is 1. The van der Waals surface area contributed by atoms with Crippen molar-refractivity contribution in [1.82, 2.24) is 0 Å².